The third kappa shape index (κ3) is 51.4. The van der Waals surface area contributed by atoms with Crippen molar-refractivity contribution in [3.63, 3.8) is 0 Å². The fourth-order valence-corrected chi connectivity index (χ4v) is 7.22. The van der Waals surface area contributed by atoms with Crippen molar-refractivity contribution in [3.05, 3.63) is 85.1 Å². The summed E-state index contributed by atoms with van der Waals surface area (Å²) < 4.78 is 16.8. The van der Waals surface area contributed by atoms with Crippen LogP contribution in [-0.2, 0) is 28.6 Å². The summed E-state index contributed by atoms with van der Waals surface area (Å²) in [5, 5.41) is 0. The van der Waals surface area contributed by atoms with Crippen LogP contribution in [-0.4, -0.2) is 37.2 Å². The van der Waals surface area contributed by atoms with E-state index in [2.05, 4.69) is 106 Å². The van der Waals surface area contributed by atoms with Gasteiger partial charge in [0.15, 0.2) is 6.10 Å². The zero-order valence-corrected chi connectivity index (χ0v) is 42.5. The Morgan fingerprint density at radius 1 is 0.308 bits per heavy atom. The van der Waals surface area contributed by atoms with Crippen molar-refractivity contribution < 1.29 is 28.6 Å². The molecule has 1 unspecified atom stereocenters. The van der Waals surface area contributed by atoms with Gasteiger partial charge in [0.1, 0.15) is 13.2 Å². The van der Waals surface area contributed by atoms with Gasteiger partial charge in [0.05, 0.1) is 0 Å². The van der Waals surface area contributed by atoms with Crippen LogP contribution >= 0.6 is 0 Å². The first-order valence-electron chi connectivity index (χ1n) is 27.1. The van der Waals surface area contributed by atoms with Crippen LogP contribution in [0.1, 0.15) is 252 Å². The minimum absolute atomic E-state index is 0.104. The summed E-state index contributed by atoms with van der Waals surface area (Å²) in [4.78, 5) is 38.0. The molecule has 6 nitrogen and oxygen atoms in total. The predicted molar refractivity (Wildman–Crippen MR) is 279 cm³/mol. The van der Waals surface area contributed by atoms with E-state index >= 15 is 0 Å². The molecule has 0 aromatic carbocycles. The Kier molecular flexibility index (Phi) is 50.4. The average Bonchev–Trinajstić information content (AvgIpc) is 3.30. The third-order valence-electron chi connectivity index (χ3n) is 11.3. The molecule has 1 atom stereocenters. The van der Waals surface area contributed by atoms with Gasteiger partial charge in [-0.2, -0.15) is 0 Å². The van der Waals surface area contributed by atoms with E-state index in [4.69, 9.17) is 14.2 Å². The van der Waals surface area contributed by atoms with Gasteiger partial charge in [-0.1, -0.05) is 202 Å². The summed E-state index contributed by atoms with van der Waals surface area (Å²) in [6, 6.07) is 0. The molecule has 0 amide bonds. The Labute approximate surface area is 401 Å². The van der Waals surface area contributed by atoms with Gasteiger partial charge in [0.2, 0.25) is 0 Å². The number of allylic oxidation sites excluding steroid dienone is 14. The van der Waals surface area contributed by atoms with E-state index in [-0.39, 0.29) is 37.5 Å². The van der Waals surface area contributed by atoms with Gasteiger partial charge in [-0.25, -0.2) is 0 Å². The fourth-order valence-electron chi connectivity index (χ4n) is 7.22. The summed E-state index contributed by atoms with van der Waals surface area (Å²) in [6.45, 7) is 6.51. The maximum absolute atomic E-state index is 12.8. The molecule has 0 aromatic heterocycles. The second-order valence-corrected chi connectivity index (χ2v) is 17.8. The molecule has 372 valence electrons. The number of hydrogen-bond acceptors (Lipinski definition) is 6. The van der Waals surface area contributed by atoms with E-state index in [0.29, 0.717) is 19.3 Å². The summed E-state index contributed by atoms with van der Waals surface area (Å²) in [7, 11) is 0. The van der Waals surface area contributed by atoms with Crippen LogP contribution in [0.4, 0.5) is 0 Å². The molecular formula is C59H100O6. The quantitative estimate of drug-likeness (QED) is 0.0262. The van der Waals surface area contributed by atoms with Crippen LogP contribution in [0.3, 0.4) is 0 Å². The molecule has 0 aliphatic heterocycles. The van der Waals surface area contributed by atoms with Gasteiger partial charge in [-0.05, 0) is 116 Å². The molecule has 0 bridgehead atoms. The number of rotatable bonds is 48. The molecule has 0 aliphatic carbocycles. The van der Waals surface area contributed by atoms with Crippen molar-refractivity contribution in [1.82, 2.24) is 0 Å². The monoisotopic (exact) mass is 905 g/mol. The zero-order valence-electron chi connectivity index (χ0n) is 42.5. The highest BCUT2D eigenvalue weighted by Gasteiger charge is 2.19. The summed E-state index contributed by atoms with van der Waals surface area (Å²) in [5.74, 6) is -0.983. The third-order valence-corrected chi connectivity index (χ3v) is 11.3. The van der Waals surface area contributed by atoms with Crippen molar-refractivity contribution in [3.8, 4) is 0 Å². The van der Waals surface area contributed by atoms with Crippen molar-refractivity contribution >= 4 is 17.9 Å². The SMILES string of the molecule is CCCCCC=CCC=CCC=CCC=CCCCC(=O)OCC(COC(=O)CCCCCCCC=CCCCCCCCC)OC(=O)CCCCCCCC=CCC=CCCCCC. The van der Waals surface area contributed by atoms with E-state index in [9.17, 15) is 14.4 Å². The van der Waals surface area contributed by atoms with Gasteiger partial charge in [-0.3, -0.25) is 14.4 Å². The molecule has 0 heterocycles. The van der Waals surface area contributed by atoms with Crippen molar-refractivity contribution in [2.75, 3.05) is 13.2 Å². The first-order chi connectivity index (χ1) is 32.0. The van der Waals surface area contributed by atoms with Crippen LogP contribution in [0.25, 0.3) is 0 Å². The maximum Gasteiger partial charge on any atom is 0.306 e. The Bertz CT molecular complexity index is 1270. The Hall–Kier alpha value is -3.41. The van der Waals surface area contributed by atoms with Crippen molar-refractivity contribution in [1.29, 1.82) is 0 Å². The van der Waals surface area contributed by atoms with Gasteiger partial charge in [0.25, 0.3) is 0 Å². The zero-order chi connectivity index (χ0) is 47.2. The molecular weight excluding hydrogens is 805 g/mol. The number of esters is 3. The lowest BCUT2D eigenvalue weighted by molar-refractivity contribution is -0.167. The van der Waals surface area contributed by atoms with Gasteiger partial charge in [-0.15, -0.1) is 0 Å². The summed E-state index contributed by atoms with van der Waals surface area (Å²) in [5.41, 5.74) is 0. The normalized spacial score (nSPS) is 12.7. The van der Waals surface area contributed by atoms with Crippen LogP contribution in [0.5, 0.6) is 0 Å². The summed E-state index contributed by atoms with van der Waals surface area (Å²) in [6.07, 6.45) is 68.5. The fraction of sp³-hybridized carbons (Fsp3) is 0.712. The van der Waals surface area contributed by atoms with E-state index in [1.165, 1.54) is 103 Å². The molecule has 0 saturated heterocycles. The van der Waals surface area contributed by atoms with Crippen molar-refractivity contribution in [2.45, 2.75) is 258 Å². The Morgan fingerprint density at radius 3 is 0.969 bits per heavy atom. The molecule has 0 spiro atoms. The topological polar surface area (TPSA) is 78.9 Å². The van der Waals surface area contributed by atoms with Crippen LogP contribution < -0.4 is 0 Å². The van der Waals surface area contributed by atoms with Gasteiger partial charge >= 0.3 is 17.9 Å². The highest BCUT2D eigenvalue weighted by atomic mass is 16.6. The number of carbonyl (C=O) groups excluding carboxylic acids is 3. The first-order valence-corrected chi connectivity index (χ1v) is 27.1. The largest absolute Gasteiger partial charge is 0.462 e. The minimum Gasteiger partial charge on any atom is -0.462 e. The van der Waals surface area contributed by atoms with E-state index < -0.39 is 6.10 Å². The molecule has 0 N–H and O–H groups in total. The minimum atomic E-state index is -0.809. The first kappa shape index (κ1) is 61.6. The number of carbonyl (C=O) groups is 3. The lowest BCUT2D eigenvalue weighted by Crippen LogP contribution is -2.30. The number of unbranched alkanes of at least 4 members (excludes halogenated alkanes) is 23. The lowest BCUT2D eigenvalue weighted by Gasteiger charge is -2.18. The molecule has 6 heteroatoms. The van der Waals surface area contributed by atoms with Crippen LogP contribution in [0, 0.1) is 0 Å². The van der Waals surface area contributed by atoms with Gasteiger partial charge < -0.3 is 14.2 Å². The molecule has 0 radical (unpaired) electrons. The molecule has 0 rings (SSSR count). The molecule has 0 aromatic rings. The molecule has 0 aliphatic rings. The van der Waals surface area contributed by atoms with Crippen LogP contribution in [0.2, 0.25) is 0 Å². The van der Waals surface area contributed by atoms with Gasteiger partial charge in [0, 0.05) is 19.3 Å². The van der Waals surface area contributed by atoms with E-state index in [1.54, 1.807) is 0 Å². The highest BCUT2D eigenvalue weighted by Crippen LogP contribution is 2.13. The second kappa shape index (κ2) is 53.2. The maximum atomic E-state index is 12.8. The van der Waals surface area contributed by atoms with Crippen LogP contribution in [0.15, 0.2) is 85.1 Å². The Balaban J connectivity index is 4.51. The lowest BCUT2D eigenvalue weighted by atomic mass is 10.1. The van der Waals surface area contributed by atoms with E-state index in [1.807, 2.05) is 0 Å². The number of hydrogen-bond donors (Lipinski definition) is 0. The predicted octanol–water partition coefficient (Wildman–Crippen LogP) is 18.0. The second-order valence-electron chi connectivity index (χ2n) is 17.8. The van der Waals surface area contributed by atoms with E-state index in [0.717, 1.165) is 103 Å². The number of ether oxygens (including phenoxy) is 3. The average molecular weight is 905 g/mol. The molecule has 0 saturated carbocycles. The molecule has 65 heavy (non-hydrogen) atoms. The smallest absolute Gasteiger partial charge is 0.306 e. The Morgan fingerprint density at radius 2 is 0.569 bits per heavy atom. The van der Waals surface area contributed by atoms with Crippen molar-refractivity contribution in [2.24, 2.45) is 0 Å². The molecule has 0 fully saturated rings. The highest BCUT2D eigenvalue weighted by molar-refractivity contribution is 5.71. The summed E-state index contributed by atoms with van der Waals surface area (Å²) >= 11 is 0. The standard InChI is InChI=1S/C59H100O6/c1-4-7-10-13-16-19-22-25-28-29-32-34-37-40-43-46-49-52-58(61)64-55-56(65-59(62)53-50-47-44-41-38-35-31-27-24-21-18-15-12-9-6-3)54-63-57(60)51-48-45-42-39-36-33-30-26-23-20-17-14-11-8-5-2/h16,18-19,21,25-28,30-32,34,40,43,56H,4-15,17,20,22-24,29,33,35-39,41-42,44-55H2,1-3H3.